The molecule has 2 heterocycles. The van der Waals surface area contributed by atoms with Crippen LogP contribution in [0.1, 0.15) is 5.56 Å². The molecule has 0 atom stereocenters. The van der Waals surface area contributed by atoms with Crippen LogP contribution in [0.25, 0.3) is 5.65 Å². The molecule has 21 heavy (non-hydrogen) atoms. The van der Waals surface area contributed by atoms with E-state index >= 15 is 0 Å². The van der Waals surface area contributed by atoms with Gasteiger partial charge < -0.3 is 15.1 Å². The van der Waals surface area contributed by atoms with E-state index in [-0.39, 0.29) is 11.3 Å². The zero-order chi connectivity index (χ0) is 14.8. The van der Waals surface area contributed by atoms with Gasteiger partial charge in [0, 0.05) is 12.4 Å². The van der Waals surface area contributed by atoms with Gasteiger partial charge in [0.25, 0.3) is 0 Å². The van der Waals surface area contributed by atoms with Crippen molar-refractivity contribution < 1.29 is 4.39 Å². The number of hydrogen-bond acceptors (Lipinski definition) is 6. The first-order chi connectivity index (χ1) is 10.2. The third kappa shape index (κ3) is 2.33. The maximum absolute atomic E-state index is 13.9. The summed E-state index contributed by atoms with van der Waals surface area (Å²) in [7, 11) is 0. The van der Waals surface area contributed by atoms with E-state index in [2.05, 4.69) is 20.7 Å². The molecule has 2 aromatic heterocycles. The fourth-order valence-corrected chi connectivity index (χ4v) is 1.90. The van der Waals surface area contributed by atoms with Crippen molar-refractivity contribution in [3.8, 4) is 6.07 Å². The van der Waals surface area contributed by atoms with E-state index in [1.165, 1.54) is 12.1 Å². The molecule has 0 saturated carbocycles. The van der Waals surface area contributed by atoms with Gasteiger partial charge in [-0.15, -0.1) is 0 Å². The zero-order valence-corrected chi connectivity index (χ0v) is 10.7. The lowest BCUT2D eigenvalue weighted by atomic mass is 10.2. The molecule has 0 fully saturated rings. The number of hydrazine groups is 1. The van der Waals surface area contributed by atoms with E-state index in [4.69, 9.17) is 11.1 Å². The molecule has 104 valence electrons. The van der Waals surface area contributed by atoms with Crippen LogP contribution in [0.5, 0.6) is 0 Å². The third-order valence-corrected chi connectivity index (χ3v) is 2.87. The molecule has 3 rings (SSSR count). The van der Waals surface area contributed by atoms with Gasteiger partial charge in [-0.05, 0) is 18.2 Å². The lowest BCUT2D eigenvalue weighted by Crippen LogP contribution is -2.11. The van der Waals surface area contributed by atoms with Crippen LogP contribution in [0.2, 0.25) is 0 Å². The number of aromatic nitrogens is 3. The molecular formula is C13H10FN7. The molecule has 0 radical (unpaired) electrons. The second kappa shape index (κ2) is 5.07. The molecule has 0 unspecified atom stereocenters. The Morgan fingerprint density at radius 2 is 2.24 bits per heavy atom. The molecule has 0 aliphatic carbocycles. The number of nitriles is 1. The first-order valence-corrected chi connectivity index (χ1v) is 5.98. The molecule has 0 saturated heterocycles. The van der Waals surface area contributed by atoms with E-state index < -0.39 is 5.82 Å². The summed E-state index contributed by atoms with van der Waals surface area (Å²) < 4.78 is 15.6. The summed E-state index contributed by atoms with van der Waals surface area (Å²) >= 11 is 0. The first kappa shape index (κ1) is 12.8. The normalized spacial score (nSPS) is 10.3. The summed E-state index contributed by atoms with van der Waals surface area (Å²) in [6.45, 7) is 0. The van der Waals surface area contributed by atoms with Crippen molar-refractivity contribution in [2.45, 2.75) is 0 Å². The average Bonchev–Trinajstić information content (AvgIpc) is 2.97. The highest BCUT2D eigenvalue weighted by Gasteiger charge is 2.10. The highest BCUT2D eigenvalue weighted by Crippen LogP contribution is 2.23. The number of nitrogens with two attached hydrogens (primary N) is 1. The number of benzene rings is 1. The Hall–Kier alpha value is -3.18. The molecular weight excluding hydrogens is 273 g/mol. The number of nitrogen functional groups attached to an aromatic ring is 1. The van der Waals surface area contributed by atoms with Crippen molar-refractivity contribution in [2.75, 3.05) is 10.7 Å². The quantitative estimate of drug-likeness (QED) is 0.500. The Balaban J connectivity index is 2.05. The lowest BCUT2D eigenvalue weighted by molar-refractivity contribution is 0.631. The predicted molar refractivity (Wildman–Crippen MR) is 75.2 cm³/mol. The fraction of sp³-hybridized carbons (Fsp3) is 0. The van der Waals surface area contributed by atoms with Gasteiger partial charge in [-0.25, -0.2) is 20.2 Å². The second-order valence-corrected chi connectivity index (χ2v) is 4.21. The Morgan fingerprint density at radius 3 is 2.95 bits per heavy atom. The maximum Gasteiger partial charge on any atom is 0.180 e. The van der Waals surface area contributed by atoms with Crippen molar-refractivity contribution >= 4 is 23.0 Å². The van der Waals surface area contributed by atoms with Crippen molar-refractivity contribution in [2.24, 2.45) is 5.84 Å². The van der Waals surface area contributed by atoms with Gasteiger partial charge in [0.15, 0.2) is 17.3 Å². The summed E-state index contributed by atoms with van der Waals surface area (Å²) in [4.78, 5) is 8.36. The van der Waals surface area contributed by atoms with Crippen LogP contribution in [0, 0.1) is 17.1 Å². The molecule has 0 amide bonds. The Bertz CT molecular complexity index is 849. The van der Waals surface area contributed by atoms with E-state index in [0.717, 1.165) is 6.07 Å². The molecule has 0 spiro atoms. The number of halogens is 1. The smallest absolute Gasteiger partial charge is 0.180 e. The number of fused-ring (bicyclic) bond motifs is 1. The van der Waals surface area contributed by atoms with Crippen LogP contribution in [-0.2, 0) is 0 Å². The Kier molecular flexibility index (Phi) is 3.10. The average molecular weight is 283 g/mol. The summed E-state index contributed by atoms with van der Waals surface area (Å²) in [6.07, 6.45) is 4.97. The topological polar surface area (TPSA) is 104 Å². The number of nitrogens with zero attached hydrogens (tertiary/aromatic N) is 4. The SMILES string of the molecule is N#Cc1ccc(Nc2nc(NN)cn3ccnc23)c(F)c1. The highest BCUT2D eigenvalue weighted by molar-refractivity contribution is 5.72. The maximum atomic E-state index is 13.9. The minimum atomic E-state index is -0.549. The van der Waals surface area contributed by atoms with E-state index in [1.54, 1.807) is 23.0 Å². The highest BCUT2D eigenvalue weighted by atomic mass is 19.1. The summed E-state index contributed by atoms with van der Waals surface area (Å²) in [6, 6.07) is 6.01. The number of hydrogen-bond donors (Lipinski definition) is 3. The van der Waals surface area contributed by atoms with Gasteiger partial charge in [-0.3, -0.25) is 0 Å². The van der Waals surface area contributed by atoms with E-state index in [1.807, 2.05) is 6.07 Å². The van der Waals surface area contributed by atoms with Crippen LogP contribution < -0.4 is 16.6 Å². The second-order valence-electron chi connectivity index (χ2n) is 4.21. The molecule has 0 bridgehead atoms. The third-order valence-electron chi connectivity index (χ3n) is 2.87. The van der Waals surface area contributed by atoms with E-state index in [9.17, 15) is 4.39 Å². The molecule has 8 heteroatoms. The summed E-state index contributed by atoms with van der Waals surface area (Å²) in [5.41, 5.74) is 3.40. The Labute approximate surface area is 118 Å². The van der Waals surface area contributed by atoms with Gasteiger partial charge in [-0.2, -0.15) is 5.26 Å². The standard InChI is InChI=1S/C13H10FN7/c14-9-5-8(6-15)1-2-10(9)18-12-13-17-3-4-21(13)7-11(19-12)20-16/h1-5,7,20H,16H2,(H,18,19). The lowest BCUT2D eigenvalue weighted by Gasteiger charge is -2.10. The van der Waals surface area contributed by atoms with Crippen LogP contribution >= 0.6 is 0 Å². The largest absolute Gasteiger partial charge is 0.335 e. The number of imidazole rings is 1. The predicted octanol–water partition coefficient (Wildman–Crippen LogP) is 1.77. The minimum Gasteiger partial charge on any atom is -0.335 e. The zero-order valence-electron chi connectivity index (χ0n) is 10.7. The van der Waals surface area contributed by atoms with Gasteiger partial charge in [0.05, 0.1) is 23.5 Å². The van der Waals surface area contributed by atoms with Crippen molar-refractivity contribution in [1.82, 2.24) is 14.4 Å². The molecule has 4 N–H and O–H groups in total. The molecule has 1 aromatic carbocycles. The summed E-state index contributed by atoms with van der Waals surface area (Å²) in [5, 5.41) is 11.6. The number of nitrogens with one attached hydrogen (secondary N) is 2. The fourth-order valence-electron chi connectivity index (χ4n) is 1.90. The van der Waals surface area contributed by atoms with Gasteiger partial charge >= 0.3 is 0 Å². The van der Waals surface area contributed by atoms with Crippen LogP contribution in [0.15, 0.2) is 36.8 Å². The molecule has 0 aliphatic heterocycles. The van der Waals surface area contributed by atoms with Crippen molar-refractivity contribution in [3.63, 3.8) is 0 Å². The minimum absolute atomic E-state index is 0.195. The summed E-state index contributed by atoms with van der Waals surface area (Å²) in [5.74, 6) is 5.55. The number of rotatable bonds is 3. The van der Waals surface area contributed by atoms with Gasteiger partial charge in [0.2, 0.25) is 0 Å². The van der Waals surface area contributed by atoms with Crippen LogP contribution in [0.3, 0.4) is 0 Å². The Morgan fingerprint density at radius 1 is 1.38 bits per heavy atom. The molecule has 3 aromatic rings. The van der Waals surface area contributed by atoms with Crippen LogP contribution in [0.4, 0.5) is 21.7 Å². The first-order valence-electron chi connectivity index (χ1n) is 5.98. The van der Waals surface area contributed by atoms with Crippen molar-refractivity contribution in [1.29, 1.82) is 5.26 Å². The van der Waals surface area contributed by atoms with Crippen LogP contribution in [-0.4, -0.2) is 14.4 Å². The molecule has 7 nitrogen and oxygen atoms in total. The van der Waals surface area contributed by atoms with Crippen molar-refractivity contribution in [3.05, 3.63) is 48.2 Å². The molecule has 0 aliphatic rings. The van der Waals surface area contributed by atoms with E-state index in [0.29, 0.717) is 17.3 Å². The van der Waals surface area contributed by atoms with Gasteiger partial charge in [0.1, 0.15) is 5.82 Å². The monoisotopic (exact) mass is 283 g/mol. The van der Waals surface area contributed by atoms with Gasteiger partial charge in [-0.1, -0.05) is 0 Å². The number of anilines is 3.